The van der Waals surface area contributed by atoms with E-state index in [0.717, 1.165) is 36.7 Å². The van der Waals surface area contributed by atoms with Gasteiger partial charge < -0.3 is 4.90 Å². The fourth-order valence-electron chi connectivity index (χ4n) is 2.84. The SMILES string of the molecule is CCCCc1cnc(NS(C)(=O)=O)nc1C1C(=O)CC(C)=CN1C. The number of aromatic nitrogens is 2. The van der Waals surface area contributed by atoms with E-state index < -0.39 is 16.1 Å². The van der Waals surface area contributed by atoms with E-state index in [1.54, 1.807) is 6.20 Å². The molecule has 2 rings (SSSR count). The highest BCUT2D eigenvalue weighted by atomic mass is 32.2. The molecule has 0 aromatic carbocycles. The van der Waals surface area contributed by atoms with Crippen molar-refractivity contribution in [2.75, 3.05) is 18.0 Å². The summed E-state index contributed by atoms with van der Waals surface area (Å²) in [6.45, 7) is 4.00. The zero-order valence-corrected chi connectivity index (χ0v) is 15.4. The van der Waals surface area contributed by atoms with Crippen LogP contribution in [-0.2, 0) is 21.2 Å². The van der Waals surface area contributed by atoms with Crippen LogP contribution in [0.4, 0.5) is 5.95 Å². The molecule has 0 amide bonds. The number of carbonyl (C=O) groups is 1. The zero-order valence-electron chi connectivity index (χ0n) is 14.5. The van der Waals surface area contributed by atoms with E-state index in [9.17, 15) is 13.2 Å². The number of sulfonamides is 1. The molecule has 0 spiro atoms. The van der Waals surface area contributed by atoms with Crippen molar-refractivity contribution in [3.05, 3.63) is 29.2 Å². The van der Waals surface area contributed by atoms with E-state index in [4.69, 9.17) is 0 Å². The van der Waals surface area contributed by atoms with Gasteiger partial charge in [0.2, 0.25) is 16.0 Å². The summed E-state index contributed by atoms with van der Waals surface area (Å²) in [6, 6.07) is -0.510. The highest BCUT2D eigenvalue weighted by Crippen LogP contribution is 2.30. The Morgan fingerprint density at radius 1 is 1.42 bits per heavy atom. The number of aryl methyl sites for hydroxylation is 1. The van der Waals surface area contributed by atoms with E-state index in [1.807, 2.05) is 25.1 Å². The molecule has 8 heteroatoms. The molecule has 1 unspecified atom stereocenters. The lowest BCUT2D eigenvalue weighted by molar-refractivity contribution is -0.123. The van der Waals surface area contributed by atoms with Crippen molar-refractivity contribution < 1.29 is 13.2 Å². The Morgan fingerprint density at radius 2 is 2.12 bits per heavy atom. The number of hydrogen-bond acceptors (Lipinski definition) is 6. The quantitative estimate of drug-likeness (QED) is 0.842. The van der Waals surface area contributed by atoms with Gasteiger partial charge in [-0.05, 0) is 37.1 Å². The first kappa shape index (κ1) is 18.4. The van der Waals surface area contributed by atoms with Gasteiger partial charge in [0.15, 0.2) is 5.78 Å². The van der Waals surface area contributed by atoms with Gasteiger partial charge in [-0.25, -0.2) is 18.4 Å². The molecule has 1 aromatic rings. The number of nitrogens with zero attached hydrogens (tertiary/aromatic N) is 3. The van der Waals surface area contributed by atoms with Crippen LogP contribution in [0.1, 0.15) is 50.4 Å². The molecule has 2 heterocycles. The van der Waals surface area contributed by atoms with Crippen LogP contribution >= 0.6 is 0 Å². The molecule has 0 fully saturated rings. The topological polar surface area (TPSA) is 92.3 Å². The first-order chi connectivity index (χ1) is 11.2. The summed E-state index contributed by atoms with van der Waals surface area (Å²) >= 11 is 0. The third kappa shape index (κ3) is 4.53. The van der Waals surface area contributed by atoms with Crippen LogP contribution in [-0.4, -0.2) is 42.4 Å². The van der Waals surface area contributed by atoms with Crippen LogP contribution in [0, 0.1) is 0 Å². The summed E-state index contributed by atoms with van der Waals surface area (Å²) in [7, 11) is -1.64. The second-order valence-electron chi connectivity index (χ2n) is 6.27. The number of unbranched alkanes of at least 4 members (excludes halogenated alkanes) is 1. The van der Waals surface area contributed by atoms with E-state index in [2.05, 4.69) is 21.6 Å². The number of rotatable bonds is 6. The third-order valence-corrected chi connectivity index (χ3v) is 4.38. The summed E-state index contributed by atoms with van der Waals surface area (Å²) in [5, 5.41) is 0. The van der Waals surface area contributed by atoms with Crippen molar-refractivity contribution >= 4 is 21.8 Å². The minimum absolute atomic E-state index is 0.000207. The summed E-state index contributed by atoms with van der Waals surface area (Å²) in [5.74, 6) is 0.0551. The van der Waals surface area contributed by atoms with Crippen LogP contribution in [0.25, 0.3) is 0 Å². The Kier molecular flexibility index (Phi) is 5.58. The van der Waals surface area contributed by atoms with Crippen molar-refractivity contribution in [1.82, 2.24) is 14.9 Å². The summed E-state index contributed by atoms with van der Waals surface area (Å²) in [5.41, 5.74) is 2.47. The predicted octanol–water partition coefficient (Wildman–Crippen LogP) is 2.04. The van der Waals surface area contributed by atoms with E-state index in [-0.39, 0.29) is 11.7 Å². The zero-order chi connectivity index (χ0) is 17.9. The third-order valence-electron chi connectivity index (χ3n) is 3.82. The molecule has 132 valence electrons. The van der Waals surface area contributed by atoms with E-state index in [0.29, 0.717) is 12.1 Å². The van der Waals surface area contributed by atoms with Gasteiger partial charge >= 0.3 is 0 Å². The molecule has 1 aromatic heterocycles. The fourth-order valence-corrected chi connectivity index (χ4v) is 3.27. The maximum atomic E-state index is 12.6. The average Bonchev–Trinajstić information content (AvgIpc) is 2.43. The largest absolute Gasteiger partial charge is 0.365 e. The molecule has 0 saturated heterocycles. The lowest BCUT2D eigenvalue weighted by Gasteiger charge is -2.31. The molecule has 24 heavy (non-hydrogen) atoms. The number of ketones is 1. The second-order valence-corrected chi connectivity index (χ2v) is 8.02. The van der Waals surface area contributed by atoms with Crippen LogP contribution in [0.15, 0.2) is 18.0 Å². The predicted molar refractivity (Wildman–Crippen MR) is 93.0 cm³/mol. The highest BCUT2D eigenvalue weighted by Gasteiger charge is 2.31. The molecule has 1 atom stereocenters. The molecule has 0 aliphatic carbocycles. The molecule has 1 aliphatic rings. The molecule has 1 N–H and O–H groups in total. The molecule has 0 radical (unpaired) electrons. The van der Waals surface area contributed by atoms with Gasteiger partial charge in [-0.3, -0.25) is 9.52 Å². The van der Waals surface area contributed by atoms with Gasteiger partial charge in [0.25, 0.3) is 0 Å². The standard InChI is InChI=1S/C16H24N4O3S/c1-5-6-7-12-9-17-16(19-24(4,22)23)18-14(12)15-13(21)8-11(2)10-20(15)3/h9-10,15H,5-8H2,1-4H3,(H,17,18,19). The number of carbonyl (C=O) groups excluding carboxylic acids is 1. The van der Waals surface area contributed by atoms with Gasteiger partial charge in [-0.2, -0.15) is 0 Å². The number of nitrogens with one attached hydrogen (secondary N) is 1. The monoisotopic (exact) mass is 352 g/mol. The highest BCUT2D eigenvalue weighted by molar-refractivity contribution is 7.91. The number of likely N-dealkylation sites (N-methyl/N-ethyl adjacent to an activating group) is 1. The average molecular weight is 352 g/mol. The summed E-state index contributed by atoms with van der Waals surface area (Å²) in [4.78, 5) is 22.9. The minimum Gasteiger partial charge on any atom is -0.365 e. The van der Waals surface area contributed by atoms with Crippen molar-refractivity contribution in [2.45, 2.75) is 45.6 Å². The van der Waals surface area contributed by atoms with Crippen molar-refractivity contribution in [1.29, 1.82) is 0 Å². The maximum Gasteiger partial charge on any atom is 0.236 e. The normalized spacial score (nSPS) is 18.5. The van der Waals surface area contributed by atoms with Crippen LogP contribution in [0.5, 0.6) is 0 Å². The smallest absolute Gasteiger partial charge is 0.236 e. The molecule has 1 aliphatic heterocycles. The van der Waals surface area contributed by atoms with Crippen LogP contribution < -0.4 is 4.72 Å². The molecular weight excluding hydrogens is 328 g/mol. The van der Waals surface area contributed by atoms with Crippen LogP contribution in [0.2, 0.25) is 0 Å². The maximum absolute atomic E-state index is 12.6. The Labute approximate surface area is 143 Å². The van der Waals surface area contributed by atoms with Gasteiger partial charge in [-0.1, -0.05) is 13.3 Å². The Morgan fingerprint density at radius 3 is 2.71 bits per heavy atom. The van der Waals surface area contributed by atoms with Gasteiger partial charge in [0.1, 0.15) is 6.04 Å². The molecule has 7 nitrogen and oxygen atoms in total. The summed E-state index contributed by atoms with van der Waals surface area (Å²) in [6.07, 6.45) is 7.70. The number of hydrogen-bond donors (Lipinski definition) is 1. The van der Waals surface area contributed by atoms with Crippen molar-refractivity contribution in [3.63, 3.8) is 0 Å². The number of anilines is 1. The van der Waals surface area contributed by atoms with Crippen molar-refractivity contribution in [3.8, 4) is 0 Å². The number of allylic oxidation sites excluding steroid dienone is 1. The lowest BCUT2D eigenvalue weighted by Crippen LogP contribution is -2.33. The molecule has 0 bridgehead atoms. The minimum atomic E-state index is -3.48. The first-order valence-corrected chi connectivity index (χ1v) is 9.86. The Bertz CT molecular complexity index is 759. The summed E-state index contributed by atoms with van der Waals surface area (Å²) < 4.78 is 25.2. The Hall–Kier alpha value is -1.96. The molecular formula is C16H24N4O3S. The Balaban J connectivity index is 2.47. The van der Waals surface area contributed by atoms with Gasteiger partial charge in [0, 0.05) is 19.7 Å². The van der Waals surface area contributed by atoms with Crippen molar-refractivity contribution in [2.24, 2.45) is 0 Å². The first-order valence-electron chi connectivity index (χ1n) is 7.96. The van der Waals surface area contributed by atoms with Gasteiger partial charge in [-0.15, -0.1) is 0 Å². The fraction of sp³-hybridized carbons (Fsp3) is 0.562. The molecule has 0 saturated carbocycles. The number of Topliss-reactive ketones (excluding diaryl/α,β-unsaturated/α-hetero) is 1. The lowest BCUT2D eigenvalue weighted by atomic mass is 9.94. The van der Waals surface area contributed by atoms with E-state index in [1.165, 1.54) is 0 Å². The van der Waals surface area contributed by atoms with E-state index >= 15 is 0 Å². The van der Waals surface area contributed by atoms with Gasteiger partial charge in [0.05, 0.1) is 11.9 Å². The van der Waals surface area contributed by atoms with Crippen LogP contribution in [0.3, 0.4) is 0 Å². The second kappa shape index (κ2) is 7.29.